The molecule has 26 heavy (non-hydrogen) atoms. The van der Waals surface area contributed by atoms with Gasteiger partial charge in [0.05, 0.1) is 24.9 Å². The van der Waals surface area contributed by atoms with Gasteiger partial charge in [0, 0.05) is 5.56 Å². The van der Waals surface area contributed by atoms with E-state index in [4.69, 9.17) is 4.42 Å². The van der Waals surface area contributed by atoms with E-state index in [1.54, 1.807) is 24.3 Å². The smallest absolute Gasteiger partial charge is 0.264 e. The Labute approximate surface area is 150 Å². The molecule has 0 saturated heterocycles. The van der Waals surface area contributed by atoms with Crippen LogP contribution in [0.15, 0.2) is 77.4 Å². The summed E-state index contributed by atoms with van der Waals surface area (Å²) in [5.41, 5.74) is 0.115. The molecule has 5 nitrogen and oxygen atoms in total. The molecule has 0 radical (unpaired) electrons. The van der Waals surface area contributed by atoms with Crippen molar-refractivity contribution in [2.24, 2.45) is 0 Å². The van der Waals surface area contributed by atoms with Gasteiger partial charge in [-0.25, -0.2) is 0 Å². The van der Waals surface area contributed by atoms with E-state index >= 15 is 0 Å². The van der Waals surface area contributed by atoms with E-state index in [0.717, 1.165) is 5.56 Å². The summed E-state index contributed by atoms with van der Waals surface area (Å²) in [6, 6.07) is 19.7. The van der Waals surface area contributed by atoms with E-state index in [9.17, 15) is 14.7 Å². The second-order valence-electron chi connectivity index (χ2n) is 6.33. The summed E-state index contributed by atoms with van der Waals surface area (Å²) >= 11 is 0. The second kappa shape index (κ2) is 6.28. The number of ketones is 1. The van der Waals surface area contributed by atoms with Crippen LogP contribution in [-0.4, -0.2) is 16.8 Å². The largest absolute Gasteiger partial charge is 0.461 e. The van der Waals surface area contributed by atoms with E-state index in [2.05, 4.69) is 0 Å². The maximum Gasteiger partial charge on any atom is 0.264 e. The van der Waals surface area contributed by atoms with Crippen molar-refractivity contribution in [1.82, 2.24) is 0 Å². The molecule has 0 fully saturated rings. The quantitative estimate of drug-likeness (QED) is 0.719. The lowest BCUT2D eigenvalue weighted by atomic mass is 9.89. The third kappa shape index (κ3) is 2.62. The number of nitrogens with zero attached hydrogens (tertiary/aromatic N) is 1. The predicted molar refractivity (Wildman–Crippen MR) is 95.6 cm³/mol. The van der Waals surface area contributed by atoms with Crippen molar-refractivity contribution in [1.29, 1.82) is 0 Å². The van der Waals surface area contributed by atoms with Crippen LogP contribution in [0, 0.1) is 0 Å². The van der Waals surface area contributed by atoms with Gasteiger partial charge in [-0.3, -0.25) is 9.59 Å². The van der Waals surface area contributed by atoms with Crippen LogP contribution in [0.25, 0.3) is 0 Å². The molecule has 1 aliphatic rings. The maximum absolute atomic E-state index is 13.1. The van der Waals surface area contributed by atoms with Gasteiger partial charge < -0.3 is 14.4 Å². The van der Waals surface area contributed by atoms with Crippen LogP contribution in [0.2, 0.25) is 0 Å². The van der Waals surface area contributed by atoms with Crippen molar-refractivity contribution < 1.29 is 19.1 Å². The van der Waals surface area contributed by atoms with Gasteiger partial charge in [-0.2, -0.15) is 0 Å². The molecule has 5 heteroatoms. The van der Waals surface area contributed by atoms with E-state index in [0.29, 0.717) is 17.8 Å². The van der Waals surface area contributed by atoms with Crippen LogP contribution in [0.1, 0.15) is 28.1 Å². The van der Waals surface area contributed by atoms with Crippen LogP contribution in [0.4, 0.5) is 5.69 Å². The minimum absolute atomic E-state index is 0.130. The zero-order valence-corrected chi connectivity index (χ0v) is 14.0. The number of fused-ring (bicyclic) bond motifs is 1. The lowest BCUT2D eigenvalue weighted by molar-refractivity contribution is -0.136. The molecule has 1 aromatic heterocycles. The zero-order valence-electron chi connectivity index (χ0n) is 14.0. The average Bonchev–Trinajstić information content (AvgIpc) is 3.26. The van der Waals surface area contributed by atoms with Gasteiger partial charge in [-0.15, -0.1) is 0 Å². The first kappa shape index (κ1) is 16.3. The molecule has 1 amide bonds. The monoisotopic (exact) mass is 347 g/mol. The number of Topliss-reactive ketones (excluding diaryl/α,β-unsaturated/α-hetero) is 1. The highest BCUT2D eigenvalue weighted by molar-refractivity contribution is 6.10. The molecule has 130 valence electrons. The van der Waals surface area contributed by atoms with Crippen molar-refractivity contribution >= 4 is 17.4 Å². The molecular weight excluding hydrogens is 330 g/mol. The van der Waals surface area contributed by atoms with Gasteiger partial charge >= 0.3 is 0 Å². The van der Waals surface area contributed by atoms with E-state index in [-0.39, 0.29) is 12.2 Å². The summed E-state index contributed by atoms with van der Waals surface area (Å²) in [4.78, 5) is 27.1. The fourth-order valence-corrected chi connectivity index (χ4v) is 3.36. The van der Waals surface area contributed by atoms with Crippen LogP contribution < -0.4 is 4.90 Å². The summed E-state index contributed by atoms with van der Waals surface area (Å²) in [7, 11) is 0. The van der Waals surface area contributed by atoms with Crippen LogP contribution in [-0.2, 0) is 16.9 Å². The molecule has 2 heterocycles. The highest BCUT2D eigenvalue weighted by Gasteiger charge is 2.51. The number of carbonyl (C=O) groups is 2. The fourth-order valence-electron chi connectivity index (χ4n) is 3.36. The Bertz CT molecular complexity index is 949. The van der Waals surface area contributed by atoms with Gasteiger partial charge in [0.15, 0.2) is 11.4 Å². The highest BCUT2D eigenvalue weighted by Crippen LogP contribution is 2.43. The first-order chi connectivity index (χ1) is 12.6. The number of amides is 1. The molecule has 4 rings (SSSR count). The number of aliphatic hydroxyl groups is 1. The van der Waals surface area contributed by atoms with Gasteiger partial charge in [-0.1, -0.05) is 48.5 Å². The Balaban J connectivity index is 1.70. The number of carbonyl (C=O) groups excluding carboxylic acids is 2. The van der Waals surface area contributed by atoms with Crippen LogP contribution in [0.3, 0.4) is 0 Å². The molecule has 1 aliphatic heterocycles. The van der Waals surface area contributed by atoms with Crippen LogP contribution in [0.5, 0.6) is 0 Å². The summed E-state index contributed by atoms with van der Waals surface area (Å²) in [6.07, 6.45) is 1.03. The summed E-state index contributed by atoms with van der Waals surface area (Å²) in [5.74, 6) is -0.783. The molecular formula is C21H17NO4. The fraction of sp³-hybridized carbons (Fsp3) is 0.143. The third-order valence-electron chi connectivity index (χ3n) is 4.64. The molecule has 1 unspecified atom stereocenters. The second-order valence-corrected chi connectivity index (χ2v) is 6.33. The molecule has 0 aliphatic carbocycles. The first-order valence-corrected chi connectivity index (χ1v) is 8.34. The number of hydrogen-bond acceptors (Lipinski definition) is 4. The van der Waals surface area contributed by atoms with Gasteiger partial charge in [0.1, 0.15) is 0 Å². The molecule has 0 spiro atoms. The van der Waals surface area contributed by atoms with Gasteiger partial charge in [0.2, 0.25) is 5.78 Å². The maximum atomic E-state index is 13.1. The van der Waals surface area contributed by atoms with Crippen molar-refractivity contribution in [3.05, 3.63) is 89.9 Å². The Morgan fingerprint density at radius 2 is 1.73 bits per heavy atom. The Morgan fingerprint density at radius 3 is 2.46 bits per heavy atom. The molecule has 3 aromatic rings. The Kier molecular flexibility index (Phi) is 3.93. The summed E-state index contributed by atoms with van der Waals surface area (Å²) in [6.45, 7) is 0.327. The molecule has 0 bridgehead atoms. The highest BCUT2D eigenvalue weighted by atomic mass is 16.3. The average molecular weight is 347 g/mol. The van der Waals surface area contributed by atoms with Crippen molar-refractivity contribution in [2.45, 2.75) is 18.6 Å². The van der Waals surface area contributed by atoms with Crippen molar-refractivity contribution in [3.8, 4) is 0 Å². The number of rotatable bonds is 5. The first-order valence-electron chi connectivity index (χ1n) is 8.34. The Morgan fingerprint density at radius 1 is 1.00 bits per heavy atom. The standard InChI is InChI=1S/C21H17NO4/c23-18(19-11-6-12-26-19)13-21(25)16-9-4-5-10-17(16)22(20(21)24)14-15-7-2-1-3-8-15/h1-12,25H,13-14H2. The number of anilines is 1. The van der Waals surface area contributed by atoms with Gasteiger partial charge in [0.25, 0.3) is 5.91 Å². The minimum Gasteiger partial charge on any atom is -0.461 e. The number of hydrogen-bond donors (Lipinski definition) is 1. The number of para-hydroxylation sites is 1. The third-order valence-corrected chi connectivity index (χ3v) is 4.64. The van der Waals surface area contributed by atoms with Gasteiger partial charge in [-0.05, 0) is 23.8 Å². The molecule has 2 aromatic carbocycles. The number of furan rings is 1. The zero-order chi connectivity index (χ0) is 18.1. The lowest BCUT2D eigenvalue weighted by Gasteiger charge is -2.22. The van der Waals surface area contributed by atoms with E-state index in [1.165, 1.54) is 17.2 Å². The summed E-state index contributed by atoms with van der Waals surface area (Å²) < 4.78 is 5.11. The molecule has 1 N–H and O–H groups in total. The van der Waals surface area contributed by atoms with Crippen molar-refractivity contribution in [2.75, 3.05) is 4.90 Å². The SMILES string of the molecule is O=C(CC1(O)C(=O)N(Cc2ccccc2)c2ccccc21)c1ccco1. The predicted octanol–water partition coefficient (Wildman–Crippen LogP) is 3.29. The minimum atomic E-state index is -1.89. The van der Waals surface area contributed by atoms with Crippen molar-refractivity contribution in [3.63, 3.8) is 0 Å². The van der Waals surface area contributed by atoms with E-state index in [1.807, 2.05) is 36.4 Å². The molecule has 1 atom stereocenters. The van der Waals surface area contributed by atoms with Crippen LogP contribution >= 0.6 is 0 Å². The molecule has 0 saturated carbocycles. The Hall–Kier alpha value is -3.18. The summed E-state index contributed by atoms with van der Waals surface area (Å²) in [5, 5.41) is 11.2. The lowest BCUT2D eigenvalue weighted by Crippen LogP contribution is -2.41. The topological polar surface area (TPSA) is 70.8 Å². The van der Waals surface area contributed by atoms with E-state index < -0.39 is 17.3 Å². The number of benzene rings is 2. The normalized spacial score (nSPS) is 18.8.